The minimum absolute atomic E-state index is 0.0440. The Hall–Kier alpha value is -1.55. The lowest BCUT2D eigenvalue weighted by Gasteiger charge is -2.39. The summed E-state index contributed by atoms with van der Waals surface area (Å²) in [5, 5.41) is 3.46. The minimum atomic E-state index is -0.456. The zero-order chi connectivity index (χ0) is 15.6. The van der Waals surface area contributed by atoms with Gasteiger partial charge in [-0.2, -0.15) is 0 Å². The third kappa shape index (κ3) is 3.38. The SMILES string of the molecule is CCC1C(=O)NC(CC(C)C)C(=O)N1c1ccc(Cl)cc1. The molecule has 1 fully saturated rings. The Morgan fingerprint density at radius 3 is 2.38 bits per heavy atom. The number of carbonyl (C=O) groups excluding carboxylic acids is 2. The van der Waals surface area contributed by atoms with Gasteiger partial charge in [0.1, 0.15) is 12.1 Å². The van der Waals surface area contributed by atoms with Gasteiger partial charge in [-0.05, 0) is 43.0 Å². The number of hydrogen-bond donors (Lipinski definition) is 1. The molecule has 0 bridgehead atoms. The highest BCUT2D eigenvalue weighted by molar-refractivity contribution is 6.30. The van der Waals surface area contributed by atoms with Crippen LogP contribution in [0.4, 0.5) is 5.69 Å². The number of halogens is 1. The second-order valence-electron chi connectivity index (χ2n) is 5.80. The Morgan fingerprint density at radius 2 is 1.86 bits per heavy atom. The smallest absolute Gasteiger partial charge is 0.250 e. The molecule has 4 nitrogen and oxygen atoms in total. The van der Waals surface area contributed by atoms with Crippen LogP contribution in [0.15, 0.2) is 24.3 Å². The Balaban J connectivity index is 2.34. The quantitative estimate of drug-likeness (QED) is 0.929. The molecular formula is C16H21ClN2O2. The molecule has 2 amide bonds. The first-order valence-electron chi connectivity index (χ1n) is 7.33. The van der Waals surface area contributed by atoms with Crippen molar-refractivity contribution in [3.05, 3.63) is 29.3 Å². The highest BCUT2D eigenvalue weighted by Gasteiger charge is 2.40. The Morgan fingerprint density at radius 1 is 1.24 bits per heavy atom. The van der Waals surface area contributed by atoms with E-state index in [2.05, 4.69) is 5.32 Å². The van der Waals surface area contributed by atoms with Gasteiger partial charge in [-0.1, -0.05) is 32.4 Å². The molecule has 5 heteroatoms. The molecule has 1 aromatic carbocycles. The van der Waals surface area contributed by atoms with Crippen LogP contribution in [0, 0.1) is 5.92 Å². The molecule has 2 atom stereocenters. The van der Waals surface area contributed by atoms with Crippen molar-refractivity contribution in [3.8, 4) is 0 Å². The number of rotatable bonds is 4. The summed E-state index contributed by atoms with van der Waals surface area (Å²) in [5.74, 6) is 0.208. The van der Waals surface area contributed by atoms with Crippen LogP contribution >= 0.6 is 11.6 Å². The van der Waals surface area contributed by atoms with E-state index in [1.165, 1.54) is 0 Å². The lowest BCUT2D eigenvalue weighted by Crippen LogP contribution is -2.63. The molecule has 0 aromatic heterocycles. The number of nitrogens with one attached hydrogen (secondary N) is 1. The molecule has 0 aliphatic carbocycles. The summed E-state index contributed by atoms with van der Waals surface area (Å²) in [6, 6.07) is 6.14. The summed E-state index contributed by atoms with van der Waals surface area (Å²) in [6.07, 6.45) is 1.22. The van der Waals surface area contributed by atoms with Gasteiger partial charge in [0.15, 0.2) is 0 Å². The van der Waals surface area contributed by atoms with Crippen LogP contribution in [0.25, 0.3) is 0 Å². The van der Waals surface area contributed by atoms with Gasteiger partial charge in [-0.15, -0.1) is 0 Å². The fourth-order valence-electron chi connectivity index (χ4n) is 2.68. The van der Waals surface area contributed by atoms with Gasteiger partial charge in [0.2, 0.25) is 11.8 Å². The van der Waals surface area contributed by atoms with Gasteiger partial charge in [0.05, 0.1) is 0 Å². The summed E-state index contributed by atoms with van der Waals surface area (Å²) in [5.41, 5.74) is 0.722. The molecule has 1 heterocycles. The van der Waals surface area contributed by atoms with Crippen molar-refractivity contribution >= 4 is 29.1 Å². The first-order chi connectivity index (χ1) is 9.93. The zero-order valence-corrected chi connectivity index (χ0v) is 13.4. The van der Waals surface area contributed by atoms with Crippen molar-refractivity contribution < 1.29 is 9.59 Å². The normalized spacial score (nSPS) is 22.6. The van der Waals surface area contributed by atoms with E-state index in [4.69, 9.17) is 11.6 Å². The largest absolute Gasteiger partial charge is 0.342 e. The number of benzene rings is 1. The summed E-state index contributed by atoms with van der Waals surface area (Å²) in [4.78, 5) is 26.6. The van der Waals surface area contributed by atoms with Gasteiger partial charge < -0.3 is 5.32 Å². The second kappa shape index (κ2) is 6.48. The van der Waals surface area contributed by atoms with Crippen molar-refractivity contribution in [2.45, 2.75) is 45.7 Å². The first kappa shape index (κ1) is 15.8. The molecule has 1 N–H and O–H groups in total. The van der Waals surface area contributed by atoms with Crippen molar-refractivity contribution in [1.29, 1.82) is 0 Å². The van der Waals surface area contributed by atoms with Crippen molar-refractivity contribution in [2.24, 2.45) is 5.92 Å². The van der Waals surface area contributed by atoms with Crippen LogP contribution in [0.2, 0.25) is 5.02 Å². The predicted octanol–water partition coefficient (Wildman–Crippen LogP) is 3.00. The van der Waals surface area contributed by atoms with Crippen LogP contribution in [-0.4, -0.2) is 23.9 Å². The van der Waals surface area contributed by atoms with Crippen LogP contribution in [-0.2, 0) is 9.59 Å². The average molecular weight is 309 g/mol. The van der Waals surface area contributed by atoms with E-state index >= 15 is 0 Å². The molecule has 1 saturated heterocycles. The Kier molecular flexibility index (Phi) is 4.88. The summed E-state index contributed by atoms with van der Waals surface area (Å²) in [6.45, 7) is 5.99. The summed E-state index contributed by atoms with van der Waals surface area (Å²) >= 11 is 5.90. The zero-order valence-electron chi connectivity index (χ0n) is 12.6. The van der Waals surface area contributed by atoms with E-state index in [1.54, 1.807) is 29.2 Å². The molecule has 114 valence electrons. The Bertz CT molecular complexity index is 528. The highest BCUT2D eigenvalue weighted by atomic mass is 35.5. The Labute approximate surface area is 130 Å². The molecule has 0 radical (unpaired) electrons. The van der Waals surface area contributed by atoms with Crippen molar-refractivity contribution in [3.63, 3.8) is 0 Å². The van der Waals surface area contributed by atoms with E-state index in [1.807, 2.05) is 20.8 Å². The number of nitrogens with zero attached hydrogens (tertiary/aromatic N) is 1. The van der Waals surface area contributed by atoms with Gasteiger partial charge >= 0.3 is 0 Å². The average Bonchev–Trinajstić information content (AvgIpc) is 2.43. The maximum atomic E-state index is 12.7. The third-order valence-electron chi connectivity index (χ3n) is 3.66. The molecule has 1 aliphatic rings. The lowest BCUT2D eigenvalue weighted by atomic mass is 9.97. The molecule has 0 saturated carbocycles. The molecule has 21 heavy (non-hydrogen) atoms. The van der Waals surface area contributed by atoms with Crippen molar-refractivity contribution in [1.82, 2.24) is 5.32 Å². The number of piperazine rings is 1. The van der Waals surface area contributed by atoms with E-state index in [-0.39, 0.29) is 11.8 Å². The maximum Gasteiger partial charge on any atom is 0.250 e. The standard InChI is InChI=1S/C16H21ClN2O2/c1-4-14-15(20)18-13(9-10(2)3)16(21)19(14)12-7-5-11(17)6-8-12/h5-8,10,13-14H,4,9H2,1-3H3,(H,18,20). The van der Waals surface area contributed by atoms with E-state index in [0.717, 1.165) is 5.69 Å². The monoisotopic (exact) mass is 308 g/mol. The van der Waals surface area contributed by atoms with E-state index < -0.39 is 12.1 Å². The number of carbonyl (C=O) groups is 2. The molecule has 2 rings (SSSR count). The summed E-state index contributed by atoms with van der Waals surface area (Å²) < 4.78 is 0. The summed E-state index contributed by atoms with van der Waals surface area (Å²) in [7, 11) is 0. The maximum absolute atomic E-state index is 12.7. The second-order valence-corrected chi connectivity index (χ2v) is 6.24. The van der Waals surface area contributed by atoms with Crippen LogP contribution in [0.3, 0.4) is 0 Å². The number of amides is 2. The molecule has 2 unspecified atom stereocenters. The van der Waals surface area contributed by atoms with Gasteiger partial charge in [0, 0.05) is 10.7 Å². The van der Waals surface area contributed by atoms with Crippen LogP contribution in [0.5, 0.6) is 0 Å². The molecule has 1 aliphatic heterocycles. The topological polar surface area (TPSA) is 49.4 Å². The molecule has 1 aromatic rings. The third-order valence-corrected chi connectivity index (χ3v) is 3.92. The van der Waals surface area contributed by atoms with Gasteiger partial charge in [-0.25, -0.2) is 0 Å². The van der Waals surface area contributed by atoms with Crippen LogP contribution < -0.4 is 10.2 Å². The minimum Gasteiger partial charge on any atom is -0.342 e. The predicted molar refractivity (Wildman–Crippen MR) is 84.4 cm³/mol. The highest BCUT2D eigenvalue weighted by Crippen LogP contribution is 2.26. The number of anilines is 1. The van der Waals surface area contributed by atoms with Crippen LogP contribution in [0.1, 0.15) is 33.6 Å². The fourth-order valence-corrected chi connectivity index (χ4v) is 2.80. The number of hydrogen-bond acceptors (Lipinski definition) is 2. The van der Waals surface area contributed by atoms with E-state index in [0.29, 0.717) is 23.8 Å². The first-order valence-corrected chi connectivity index (χ1v) is 7.70. The van der Waals surface area contributed by atoms with Crippen molar-refractivity contribution in [2.75, 3.05) is 4.90 Å². The van der Waals surface area contributed by atoms with Gasteiger partial charge in [0.25, 0.3) is 0 Å². The molecular weight excluding hydrogens is 288 g/mol. The van der Waals surface area contributed by atoms with Gasteiger partial charge in [-0.3, -0.25) is 14.5 Å². The molecule has 0 spiro atoms. The lowest BCUT2D eigenvalue weighted by molar-refractivity contribution is -0.134. The fraction of sp³-hybridized carbons (Fsp3) is 0.500. The van der Waals surface area contributed by atoms with E-state index in [9.17, 15) is 9.59 Å².